The van der Waals surface area contributed by atoms with E-state index in [2.05, 4.69) is 25.9 Å². The number of rotatable bonds is 10. The highest BCUT2D eigenvalue weighted by molar-refractivity contribution is 6.08. The van der Waals surface area contributed by atoms with Crippen LogP contribution in [0, 0.1) is 10.8 Å². The average Bonchev–Trinajstić information content (AvgIpc) is 3.52. The van der Waals surface area contributed by atoms with Gasteiger partial charge in [-0.2, -0.15) is 0 Å². The Bertz CT molecular complexity index is 1570. The van der Waals surface area contributed by atoms with Gasteiger partial charge >= 0.3 is 0 Å². The standard InChI is InChI=1S/C25H27N9O5/c26-24(27)38-7-5-30-21(35)14-2-4-17-15(9-14)11-20(33-17)23(37)32-16-3-1-13-10-19(34-18(13)12-16)22(36)31-6-8-39-25(28)29/h1-4,9-12,33-34H,5-8H2,(H3,26,27)(H3,28,29)(H,30,35)(H,31,36)(H,32,37). The number of nitrogens with two attached hydrogens (primary N) is 2. The molecule has 0 aliphatic heterocycles. The van der Waals surface area contributed by atoms with E-state index >= 15 is 0 Å². The maximum absolute atomic E-state index is 12.9. The maximum atomic E-state index is 12.9. The number of carbonyl (C=O) groups excluding carboxylic acids is 3. The summed E-state index contributed by atoms with van der Waals surface area (Å²) in [5.41, 5.74) is 13.1. The van der Waals surface area contributed by atoms with Crippen molar-refractivity contribution < 1.29 is 23.9 Å². The molecule has 0 aliphatic carbocycles. The van der Waals surface area contributed by atoms with Crippen LogP contribution in [0.1, 0.15) is 31.3 Å². The van der Waals surface area contributed by atoms with Gasteiger partial charge in [-0.3, -0.25) is 25.2 Å². The predicted molar refractivity (Wildman–Crippen MR) is 145 cm³/mol. The molecule has 0 aliphatic rings. The molecular formula is C25H27N9O5. The summed E-state index contributed by atoms with van der Waals surface area (Å²) < 4.78 is 9.60. The number of aromatic nitrogens is 2. The fourth-order valence-electron chi connectivity index (χ4n) is 3.77. The molecule has 0 fully saturated rings. The van der Waals surface area contributed by atoms with Gasteiger partial charge in [0.2, 0.25) is 0 Å². The number of nitrogens with one attached hydrogen (secondary N) is 7. The Kier molecular flexibility index (Phi) is 7.95. The molecule has 0 saturated carbocycles. The topological polar surface area (TPSA) is 237 Å². The third kappa shape index (κ3) is 6.82. The second kappa shape index (κ2) is 11.7. The number of hydrogen-bond donors (Lipinski definition) is 9. The second-order valence-corrected chi connectivity index (χ2v) is 8.36. The minimum atomic E-state index is -0.418. The van der Waals surface area contributed by atoms with E-state index < -0.39 is 12.0 Å². The highest BCUT2D eigenvalue weighted by Gasteiger charge is 2.14. The fraction of sp³-hybridized carbons (Fsp3) is 0.160. The van der Waals surface area contributed by atoms with Crippen molar-refractivity contribution in [2.75, 3.05) is 31.6 Å². The second-order valence-electron chi connectivity index (χ2n) is 8.36. The molecule has 4 rings (SSSR count). The van der Waals surface area contributed by atoms with Gasteiger partial charge in [0.25, 0.3) is 29.8 Å². The summed E-state index contributed by atoms with van der Waals surface area (Å²) in [4.78, 5) is 43.7. The van der Waals surface area contributed by atoms with E-state index in [1.807, 2.05) is 0 Å². The largest absolute Gasteiger partial charge is 0.464 e. The monoisotopic (exact) mass is 533 g/mol. The van der Waals surface area contributed by atoms with Crippen LogP contribution < -0.4 is 27.4 Å². The number of ether oxygens (including phenoxy) is 2. The fourth-order valence-corrected chi connectivity index (χ4v) is 3.77. The first-order valence-corrected chi connectivity index (χ1v) is 11.8. The lowest BCUT2D eigenvalue weighted by atomic mass is 10.1. The zero-order valence-electron chi connectivity index (χ0n) is 20.6. The molecule has 2 aromatic carbocycles. The number of aromatic amines is 2. The Morgan fingerprint density at radius 2 is 1.33 bits per heavy atom. The molecule has 0 radical (unpaired) electrons. The van der Waals surface area contributed by atoms with E-state index in [4.69, 9.17) is 31.8 Å². The maximum Gasteiger partial charge on any atom is 0.279 e. The first-order chi connectivity index (χ1) is 18.7. The van der Waals surface area contributed by atoms with Crippen molar-refractivity contribution in [2.24, 2.45) is 11.5 Å². The van der Waals surface area contributed by atoms with Gasteiger partial charge in [-0.05, 0) is 42.5 Å². The summed E-state index contributed by atoms with van der Waals surface area (Å²) in [6, 6.07) is 12.7. The Hall–Kier alpha value is -5.53. The molecule has 0 bridgehead atoms. The zero-order valence-corrected chi connectivity index (χ0v) is 20.6. The van der Waals surface area contributed by atoms with Gasteiger partial charge in [-0.15, -0.1) is 0 Å². The van der Waals surface area contributed by atoms with Crippen molar-refractivity contribution in [1.29, 1.82) is 10.8 Å². The molecule has 0 spiro atoms. The first kappa shape index (κ1) is 26.5. The van der Waals surface area contributed by atoms with Gasteiger partial charge in [-0.25, -0.2) is 0 Å². The molecule has 2 aromatic heterocycles. The minimum absolute atomic E-state index is 0.0807. The number of H-pyrrole nitrogens is 2. The van der Waals surface area contributed by atoms with Gasteiger partial charge in [0.15, 0.2) is 0 Å². The molecule has 39 heavy (non-hydrogen) atoms. The van der Waals surface area contributed by atoms with Crippen molar-refractivity contribution in [2.45, 2.75) is 0 Å². The van der Waals surface area contributed by atoms with Gasteiger partial charge in [0.05, 0.1) is 13.1 Å². The normalized spacial score (nSPS) is 10.7. The van der Waals surface area contributed by atoms with E-state index in [-0.39, 0.29) is 44.0 Å². The van der Waals surface area contributed by atoms with Crippen molar-refractivity contribution in [3.8, 4) is 0 Å². The number of amides is 3. The molecule has 3 amide bonds. The van der Waals surface area contributed by atoms with Crippen molar-refractivity contribution >= 4 is 57.3 Å². The number of benzene rings is 2. The zero-order chi connectivity index (χ0) is 27.9. The summed E-state index contributed by atoms with van der Waals surface area (Å²) in [7, 11) is 0. The molecule has 0 saturated heterocycles. The Morgan fingerprint density at radius 3 is 2.03 bits per heavy atom. The third-order valence-corrected chi connectivity index (χ3v) is 5.54. The number of fused-ring (bicyclic) bond motifs is 2. The molecular weight excluding hydrogens is 506 g/mol. The number of hydrogen-bond acceptors (Lipinski definition) is 7. The molecule has 4 aromatic rings. The quantitative estimate of drug-likeness (QED) is 0.0818. The van der Waals surface area contributed by atoms with Crippen LogP contribution in [-0.4, -0.2) is 66.0 Å². The lowest BCUT2D eigenvalue weighted by Gasteiger charge is -2.06. The van der Waals surface area contributed by atoms with E-state index in [1.54, 1.807) is 48.5 Å². The van der Waals surface area contributed by atoms with E-state index in [1.165, 1.54) is 0 Å². The molecule has 202 valence electrons. The average molecular weight is 534 g/mol. The highest BCUT2D eigenvalue weighted by Crippen LogP contribution is 2.22. The van der Waals surface area contributed by atoms with E-state index in [0.717, 1.165) is 5.39 Å². The summed E-state index contributed by atoms with van der Waals surface area (Å²) in [5.74, 6) is -1.06. The molecule has 14 heteroatoms. The van der Waals surface area contributed by atoms with Crippen LogP contribution in [-0.2, 0) is 9.47 Å². The Morgan fingerprint density at radius 1 is 0.718 bits per heavy atom. The Balaban J connectivity index is 1.39. The van der Waals surface area contributed by atoms with Crippen LogP contribution in [0.3, 0.4) is 0 Å². The van der Waals surface area contributed by atoms with E-state index in [9.17, 15) is 14.4 Å². The lowest BCUT2D eigenvalue weighted by molar-refractivity contribution is 0.0936. The molecule has 2 heterocycles. The van der Waals surface area contributed by atoms with Gasteiger partial charge in [0.1, 0.15) is 24.6 Å². The third-order valence-electron chi connectivity index (χ3n) is 5.54. The van der Waals surface area contributed by atoms with Crippen LogP contribution >= 0.6 is 0 Å². The number of amidine groups is 2. The van der Waals surface area contributed by atoms with Gasteiger partial charge < -0.3 is 46.9 Å². The molecule has 11 N–H and O–H groups in total. The van der Waals surface area contributed by atoms with Crippen molar-refractivity contribution in [3.05, 3.63) is 65.5 Å². The molecule has 14 nitrogen and oxygen atoms in total. The van der Waals surface area contributed by atoms with Crippen LogP contribution in [0.25, 0.3) is 21.8 Å². The smallest absolute Gasteiger partial charge is 0.279 e. The summed E-state index contributed by atoms with van der Waals surface area (Å²) >= 11 is 0. The summed E-state index contributed by atoms with van der Waals surface area (Å²) in [6.45, 7) is 0.530. The number of carbonyl (C=O) groups is 3. The van der Waals surface area contributed by atoms with Crippen LogP contribution in [0.4, 0.5) is 5.69 Å². The van der Waals surface area contributed by atoms with Gasteiger partial charge in [0, 0.05) is 33.1 Å². The van der Waals surface area contributed by atoms with Crippen LogP contribution in [0.2, 0.25) is 0 Å². The van der Waals surface area contributed by atoms with E-state index in [0.29, 0.717) is 39.1 Å². The molecule has 0 unspecified atom stereocenters. The molecule has 0 atom stereocenters. The van der Waals surface area contributed by atoms with Crippen molar-refractivity contribution in [1.82, 2.24) is 20.6 Å². The van der Waals surface area contributed by atoms with Gasteiger partial charge in [-0.1, -0.05) is 6.07 Å². The number of anilines is 1. The SMILES string of the molecule is N=C(N)OCCNC(=O)c1ccc2[nH]c(C(=O)Nc3ccc4cc(C(=O)NCCOC(=N)N)[nH]c4c3)cc2c1. The summed E-state index contributed by atoms with van der Waals surface area (Å²) in [6.07, 6.45) is 0. The minimum Gasteiger partial charge on any atom is -0.464 e. The lowest BCUT2D eigenvalue weighted by Crippen LogP contribution is -2.29. The first-order valence-electron chi connectivity index (χ1n) is 11.8. The predicted octanol–water partition coefficient (Wildman–Crippen LogP) is 1.18. The van der Waals surface area contributed by atoms with Crippen molar-refractivity contribution in [3.63, 3.8) is 0 Å². The highest BCUT2D eigenvalue weighted by atomic mass is 16.5. The Labute approximate surface area is 221 Å². The van der Waals surface area contributed by atoms with Crippen LogP contribution in [0.5, 0.6) is 0 Å². The summed E-state index contributed by atoms with van der Waals surface area (Å²) in [5, 5.41) is 23.6. The van der Waals surface area contributed by atoms with Crippen LogP contribution in [0.15, 0.2) is 48.5 Å².